The summed E-state index contributed by atoms with van der Waals surface area (Å²) >= 11 is 5.81. The Morgan fingerprint density at radius 2 is 2.32 bits per heavy atom. The molecule has 0 bridgehead atoms. The largest absolute Gasteiger partial charge is 0.488 e. The molecule has 0 saturated carbocycles. The van der Waals surface area contributed by atoms with E-state index in [1.54, 1.807) is 12.3 Å². The lowest BCUT2D eigenvalue weighted by Gasteiger charge is -2.30. The number of hydrogen-bond acceptors (Lipinski definition) is 5. The molecule has 1 aliphatic heterocycles. The molecule has 0 amide bonds. The van der Waals surface area contributed by atoms with Crippen molar-refractivity contribution in [2.24, 2.45) is 5.92 Å². The Balaban J connectivity index is 1.76. The van der Waals surface area contributed by atoms with Gasteiger partial charge >= 0.3 is 5.97 Å². The van der Waals surface area contributed by atoms with Crippen LogP contribution in [0.5, 0.6) is 5.75 Å². The van der Waals surface area contributed by atoms with Crippen LogP contribution in [-0.4, -0.2) is 36.9 Å². The van der Waals surface area contributed by atoms with Gasteiger partial charge in [0, 0.05) is 18.9 Å². The van der Waals surface area contributed by atoms with E-state index in [0.717, 1.165) is 18.4 Å². The normalized spacial score (nSPS) is 21.2. The maximum absolute atomic E-state index is 12.1. The zero-order chi connectivity index (χ0) is 15.9. The minimum Gasteiger partial charge on any atom is -0.488 e. The molecule has 1 fully saturated rings. The molecule has 2 atom stereocenters. The third-order valence-corrected chi connectivity index (χ3v) is 3.59. The molecule has 0 unspecified atom stereocenters. The molecule has 0 radical (unpaired) electrons. The topological polar surface area (TPSA) is 57.7 Å². The van der Waals surface area contributed by atoms with Gasteiger partial charge in [0.15, 0.2) is 0 Å². The Hall–Kier alpha value is -1.59. The monoisotopic (exact) mass is 325 g/mol. The highest BCUT2D eigenvalue weighted by Gasteiger charge is 2.33. The van der Waals surface area contributed by atoms with Crippen LogP contribution in [0.1, 0.15) is 19.8 Å². The fourth-order valence-corrected chi connectivity index (χ4v) is 2.55. The molecule has 6 heteroatoms. The van der Waals surface area contributed by atoms with Gasteiger partial charge in [0.2, 0.25) is 0 Å². The Morgan fingerprint density at radius 3 is 3.05 bits per heavy atom. The number of hydrogen-bond donors (Lipinski definition) is 0. The van der Waals surface area contributed by atoms with Gasteiger partial charge in [-0.05, 0) is 19.8 Å². The van der Waals surface area contributed by atoms with Gasteiger partial charge in [0.05, 0.1) is 23.2 Å². The lowest BCUT2D eigenvalue weighted by atomic mass is 9.90. The molecule has 5 nitrogen and oxygen atoms in total. The van der Waals surface area contributed by atoms with Crippen molar-refractivity contribution in [2.75, 3.05) is 19.8 Å². The molecule has 1 aliphatic rings. The van der Waals surface area contributed by atoms with Crippen LogP contribution in [0.4, 0.5) is 0 Å². The number of pyridine rings is 1. The lowest BCUT2D eigenvalue weighted by Crippen LogP contribution is -2.37. The third kappa shape index (κ3) is 4.71. The second-order valence-corrected chi connectivity index (χ2v) is 5.68. The van der Waals surface area contributed by atoms with Crippen LogP contribution in [0.3, 0.4) is 0 Å². The Bertz CT molecular complexity index is 535. The molecular formula is C16H20ClNO4. The van der Waals surface area contributed by atoms with Crippen LogP contribution in [-0.2, 0) is 14.3 Å². The van der Waals surface area contributed by atoms with Crippen LogP contribution in [0.2, 0.25) is 5.02 Å². The molecule has 1 aromatic heterocycles. The van der Waals surface area contributed by atoms with E-state index in [4.69, 9.17) is 25.8 Å². The molecular weight excluding hydrogens is 306 g/mol. The number of halogens is 1. The number of carbonyl (C=O) groups is 1. The van der Waals surface area contributed by atoms with E-state index in [-0.39, 0.29) is 31.2 Å². The van der Waals surface area contributed by atoms with Crippen LogP contribution in [0, 0.1) is 5.92 Å². The molecule has 1 aromatic rings. The summed E-state index contributed by atoms with van der Waals surface area (Å²) < 4.78 is 16.3. The van der Waals surface area contributed by atoms with Crippen molar-refractivity contribution in [3.05, 3.63) is 35.6 Å². The number of ether oxygens (including phenoxy) is 3. The number of rotatable bonds is 6. The van der Waals surface area contributed by atoms with Crippen molar-refractivity contribution in [3.63, 3.8) is 0 Å². The van der Waals surface area contributed by atoms with E-state index >= 15 is 0 Å². The molecule has 120 valence electrons. The molecule has 22 heavy (non-hydrogen) atoms. The molecule has 0 spiro atoms. The zero-order valence-electron chi connectivity index (χ0n) is 12.6. The van der Waals surface area contributed by atoms with Crippen molar-refractivity contribution in [2.45, 2.75) is 25.9 Å². The second-order valence-electron chi connectivity index (χ2n) is 5.24. The zero-order valence-corrected chi connectivity index (χ0v) is 13.3. The van der Waals surface area contributed by atoms with Crippen LogP contribution >= 0.6 is 11.6 Å². The lowest BCUT2D eigenvalue weighted by molar-refractivity contribution is -0.157. The Morgan fingerprint density at radius 1 is 1.50 bits per heavy atom. The van der Waals surface area contributed by atoms with Gasteiger partial charge in [-0.1, -0.05) is 23.8 Å². The predicted molar refractivity (Wildman–Crippen MR) is 83.0 cm³/mol. The predicted octanol–water partition coefficient (Wildman–Crippen LogP) is 3.03. The molecule has 1 saturated heterocycles. The van der Waals surface area contributed by atoms with Gasteiger partial charge in [-0.25, -0.2) is 0 Å². The SMILES string of the molecule is C=C(C)[C@@H]1OCCC[C@H]1C(=O)OCCOc1cncc(Cl)c1. The molecule has 0 aromatic carbocycles. The van der Waals surface area contributed by atoms with Gasteiger partial charge in [-0.15, -0.1) is 0 Å². The first kappa shape index (κ1) is 16.8. The van der Waals surface area contributed by atoms with Crippen LogP contribution in [0.15, 0.2) is 30.6 Å². The van der Waals surface area contributed by atoms with E-state index in [1.807, 2.05) is 6.92 Å². The molecule has 2 heterocycles. The van der Waals surface area contributed by atoms with E-state index in [1.165, 1.54) is 6.20 Å². The summed E-state index contributed by atoms with van der Waals surface area (Å²) in [6.07, 6.45) is 4.44. The van der Waals surface area contributed by atoms with E-state index < -0.39 is 0 Å². The maximum atomic E-state index is 12.1. The molecule has 2 rings (SSSR count). The number of esters is 1. The fraction of sp³-hybridized carbons (Fsp3) is 0.500. The minimum atomic E-state index is -0.279. The summed E-state index contributed by atoms with van der Waals surface area (Å²) in [7, 11) is 0. The van der Waals surface area contributed by atoms with E-state index in [9.17, 15) is 4.79 Å². The summed E-state index contributed by atoms with van der Waals surface area (Å²) in [6, 6.07) is 1.66. The highest BCUT2D eigenvalue weighted by molar-refractivity contribution is 6.30. The highest BCUT2D eigenvalue weighted by atomic mass is 35.5. The first-order valence-corrected chi connectivity index (χ1v) is 7.62. The highest BCUT2D eigenvalue weighted by Crippen LogP contribution is 2.26. The van der Waals surface area contributed by atoms with Gasteiger partial charge < -0.3 is 14.2 Å². The standard InChI is InChI=1S/C16H20ClNO4/c1-11(2)15-14(4-3-5-21-15)16(19)22-7-6-20-13-8-12(17)9-18-10-13/h8-10,14-15H,1,3-7H2,2H3/t14-,15+/m1/s1. The summed E-state index contributed by atoms with van der Waals surface area (Å²) in [5.74, 6) is 0.00367. The fourth-order valence-electron chi connectivity index (χ4n) is 2.39. The molecule has 0 aliphatic carbocycles. The smallest absolute Gasteiger partial charge is 0.312 e. The van der Waals surface area contributed by atoms with Crippen molar-refractivity contribution in [1.82, 2.24) is 4.98 Å². The van der Waals surface area contributed by atoms with E-state index in [2.05, 4.69) is 11.6 Å². The summed E-state index contributed by atoms with van der Waals surface area (Å²) in [5, 5.41) is 0.498. The third-order valence-electron chi connectivity index (χ3n) is 3.39. The van der Waals surface area contributed by atoms with Gasteiger partial charge in [-0.2, -0.15) is 0 Å². The average Bonchev–Trinajstić information content (AvgIpc) is 2.51. The average molecular weight is 326 g/mol. The number of aromatic nitrogens is 1. The molecule has 0 N–H and O–H groups in total. The number of nitrogens with zero attached hydrogens (tertiary/aromatic N) is 1. The Labute approximate surface area is 135 Å². The van der Waals surface area contributed by atoms with Crippen molar-refractivity contribution >= 4 is 17.6 Å². The summed E-state index contributed by atoms with van der Waals surface area (Å²) in [6.45, 7) is 6.82. The quantitative estimate of drug-likeness (QED) is 0.457. The van der Waals surface area contributed by atoms with Crippen molar-refractivity contribution < 1.29 is 19.0 Å². The summed E-state index contributed by atoms with van der Waals surface area (Å²) in [5.41, 5.74) is 0.850. The Kier molecular flexibility index (Phi) is 6.21. The second kappa shape index (κ2) is 8.15. The van der Waals surface area contributed by atoms with Crippen LogP contribution in [0.25, 0.3) is 0 Å². The first-order valence-electron chi connectivity index (χ1n) is 7.25. The number of carbonyl (C=O) groups excluding carboxylic acids is 1. The van der Waals surface area contributed by atoms with Gasteiger partial charge in [0.25, 0.3) is 0 Å². The summed E-state index contributed by atoms with van der Waals surface area (Å²) in [4.78, 5) is 16.1. The van der Waals surface area contributed by atoms with Crippen LogP contribution < -0.4 is 4.74 Å². The van der Waals surface area contributed by atoms with E-state index in [0.29, 0.717) is 17.4 Å². The minimum absolute atomic E-state index is 0.171. The first-order chi connectivity index (χ1) is 10.6. The van der Waals surface area contributed by atoms with Crippen molar-refractivity contribution in [1.29, 1.82) is 0 Å². The maximum Gasteiger partial charge on any atom is 0.312 e. The van der Waals surface area contributed by atoms with Crippen molar-refractivity contribution in [3.8, 4) is 5.75 Å². The van der Waals surface area contributed by atoms with Gasteiger partial charge in [0.1, 0.15) is 19.0 Å². The van der Waals surface area contributed by atoms with Gasteiger partial charge in [-0.3, -0.25) is 9.78 Å².